The summed E-state index contributed by atoms with van der Waals surface area (Å²) >= 11 is 0. The summed E-state index contributed by atoms with van der Waals surface area (Å²) in [6.07, 6.45) is 3.64. The van der Waals surface area contributed by atoms with Crippen LogP contribution in [0.4, 0.5) is 17.1 Å². The van der Waals surface area contributed by atoms with E-state index >= 15 is 0 Å². The number of benzene rings is 1. The smallest absolute Gasteiger partial charge is 0.352 e. The lowest BCUT2D eigenvalue weighted by Gasteiger charge is -2.21. The van der Waals surface area contributed by atoms with E-state index in [2.05, 4.69) is 10.3 Å². The first-order chi connectivity index (χ1) is 11.0. The van der Waals surface area contributed by atoms with Gasteiger partial charge in [-0.3, -0.25) is 10.1 Å². The van der Waals surface area contributed by atoms with Gasteiger partial charge in [0.1, 0.15) is 18.0 Å². The number of nitro groups is 1. The minimum atomic E-state index is -1.33. The third kappa shape index (κ3) is 2.44. The molecule has 1 aliphatic rings. The monoisotopic (exact) mass is 314 g/mol. The Morgan fingerprint density at radius 2 is 2.09 bits per heavy atom. The highest BCUT2D eigenvalue weighted by atomic mass is 16.6. The molecule has 1 aromatic carbocycles. The molecule has 1 unspecified atom stereocenters. The first kappa shape index (κ1) is 14.4. The molecule has 1 aliphatic heterocycles. The lowest BCUT2D eigenvalue weighted by Crippen LogP contribution is -2.38. The maximum absolute atomic E-state index is 11.3. The van der Waals surface area contributed by atoms with E-state index in [0.29, 0.717) is 6.29 Å². The second-order valence-electron chi connectivity index (χ2n) is 4.77. The van der Waals surface area contributed by atoms with Crippen LogP contribution in [0.1, 0.15) is 0 Å². The number of nitrogens with one attached hydrogen (secondary N) is 1. The fraction of sp³-hybridized carbons (Fsp3) is 0.0714. The molecule has 0 amide bonds. The molecule has 2 heterocycles. The van der Waals surface area contributed by atoms with Gasteiger partial charge < -0.3 is 19.8 Å². The Kier molecular flexibility index (Phi) is 3.37. The van der Waals surface area contributed by atoms with Crippen molar-refractivity contribution in [2.45, 2.75) is 6.04 Å². The van der Waals surface area contributed by atoms with Crippen LogP contribution in [0.15, 0.2) is 41.7 Å². The van der Waals surface area contributed by atoms with Crippen LogP contribution in [0.25, 0.3) is 5.69 Å². The molecule has 2 aromatic rings. The zero-order valence-electron chi connectivity index (χ0n) is 11.5. The number of rotatable bonds is 4. The third-order valence-electron chi connectivity index (χ3n) is 3.37. The Bertz CT molecular complexity index is 841. The fourth-order valence-electron chi connectivity index (χ4n) is 2.34. The molecule has 0 fully saturated rings. The molecule has 0 bridgehead atoms. The number of hydrogen-bond donors (Lipinski definition) is 2. The van der Waals surface area contributed by atoms with Gasteiger partial charge in [-0.15, -0.1) is 0 Å². The van der Waals surface area contributed by atoms with Gasteiger partial charge in [0.2, 0.25) is 0 Å². The predicted molar refractivity (Wildman–Crippen MR) is 80.6 cm³/mol. The van der Waals surface area contributed by atoms with Crippen LogP contribution >= 0.6 is 0 Å². The Hall–Kier alpha value is -3.49. The van der Waals surface area contributed by atoms with Gasteiger partial charge in [-0.2, -0.15) is 0 Å². The van der Waals surface area contributed by atoms with Crippen LogP contribution < -0.4 is 5.32 Å². The lowest BCUT2D eigenvalue weighted by atomic mass is 10.1. The number of anilines is 1. The maximum atomic E-state index is 11.3. The Morgan fingerprint density at radius 1 is 1.39 bits per heavy atom. The van der Waals surface area contributed by atoms with E-state index < -0.39 is 16.9 Å². The number of nitro benzene ring substituents is 1. The SMILES string of the molecule is O=CC1Nc2cc([N+](=O)[O-])c(-n3cccc3)cc2N=C1C(=O)O. The molecular formula is C14H10N4O5. The number of carboxylic acids is 1. The van der Waals surface area contributed by atoms with E-state index in [4.69, 9.17) is 5.11 Å². The summed E-state index contributed by atoms with van der Waals surface area (Å²) in [5.41, 5.74) is 0.147. The van der Waals surface area contributed by atoms with E-state index in [0.717, 1.165) is 0 Å². The molecule has 0 saturated carbocycles. The second kappa shape index (κ2) is 5.37. The summed E-state index contributed by atoms with van der Waals surface area (Å²) < 4.78 is 1.53. The molecular weight excluding hydrogens is 304 g/mol. The van der Waals surface area contributed by atoms with Crippen molar-refractivity contribution in [2.24, 2.45) is 4.99 Å². The minimum Gasteiger partial charge on any atom is -0.477 e. The van der Waals surface area contributed by atoms with Crippen molar-refractivity contribution in [1.29, 1.82) is 0 Å². The number of hydrogen-bond acceptors (Lipinski definition) is 6. The molecule has 1 atom stereocenters. The van der Waals surface area contributed by atoms with E-state index in [1.165, 1.54) is 16.7 Å². The number of carbonyl (C=O) groups excluding carboxylic acids is 1. The summed E-state index contributed by atoms with van der Waals surface area (Å²) in [6.45, 7) is 0. The van der Waals surface area contributed by atoms with Gasteiger partial charge in [-0.25, -0.2) is 9.79 Å². The van der Waals surface area contributed by atoms with Crippen LogP contribution in [-0.4, -0.2) is 38.6 Å². The summed E-state index contributed by atoms with van der Waals surface area (Å²) in [5, 5.41) is 23.1. The molecule has 0 radical (unpaired) electrons. The van der Waals surface area contributed by atoms with Crippen LogP contribution in [0.2, 0.25) is 0 Å². The lowest BCUT2D eigenvalue weighted by molar-refractivity contribution is -0.384. The Labute approximate surface area is 129 Å². The van der Waals surface area contributed by atoms with E-state index in [1.807, 2.05) is 0 Å². The van der Waals surface area contributed by atoms with Gasteiger partial charge in [-0.05, 0) is 18.2 Å². The zero-order chi connectivity index (χ0) is 16.6. The highest BCUT2D eigenvalue weighted by Crippen LogP contribution is 2.37. The first-order valence-corrected chi connectivity index (χ1v) is 6.50. The average molecular weight is 314 g/mol. The van der Waals surface area contributed by atoms with Crippen LogP contribution in [0, 0.1) is 10.1 Å². The summed E-state index contributed by atoms with van der Waals surface area (Å²) in [4.78, 5) is 36.9. The van der Waals surface area contributed by atoms with Gasteiger partial charge in [0.25, 0.3) is 5.69 Å². The molecule has 1 aromatic heterocycles. The minimum absolute atomic E-state index is 0.189. The number of nitrogens with zero attached hydrogens (tertiary/aromatic N) is 3. The van der Waals surface area contributed by atoms with Crippen molar-refractivity contribution < 1.29 is 19.6 Å². The molecule has 23 heavy (non-hydrogen) atoms. The number of carbonyl (C=O) groups is 2. The average Bonchev–Trinajstić information content (AvgIpc) is 3.06. The summed E-state index contributed by atoms with van der Waals surface area (Å²) in [7, 11) is 0. The van der Waals surface area contributed by atoms with Gasteiger partial charge in [0.05, 0.1) is 16.3 Å². The quantitative estimate of drug-likeness (QED) is 0.500. The number of aldehydes is 1. The molecule has 9 nitrogen and oxygen atoms in total. The van der Waals surface area contributed by atoms with Gasteiger partial charge in [-0.1, -0.05) is 0 Å². The largest absolute Gasteiger partial charge is 0.477 e. The van der Waals surface area contributed by atoms with Crippen LogP contribution in [0.5, 0.6) is 0 Å². The van der Waals surface area contributed by atoms with E-state index in [1.54, 1.807) is 24.5 Å². The first-order valence-electron chi connectivity index (χ1n) is 6.50. The Morgan fingerprint density at radius 3 is 2.65 bits per heavy atom. The van der Waals surface area contributed by atoms with E-state index in [-0.39, 0.29) is 28.5 Å². The number of aliphatic carboxylic acids is 1. The molecule has 3 rings (SSSR count). The topological polar surface area (TPSA) is 127 Å². The zero-order valence-corrected chi connectivity index (χ0v) is 11.5. The van der Waals surface area contributed by atoms with Crippen LogP contribution in [-0.2, 0) is 9.59 Å². The van der Waals surface area contributed by atoms with Crippen molar-refractivity contribution in [1.82, 2.24) is 4.57 Å². The molecule has 0 spiro atoms. The van der Waals surface area contributed by atoms with Gasteiger partial charge >= 0.3 is 5.97 Å². The summed E-state index contributed by atoms with van der Waals surface area (Å²) in [6, 6.07) is 4.90. The van der Waals surface area contributed by atoms with Crippen molar-refractivity contribution in [3.05, 3.63) is 46.8 Å². The number of carboxylic acid groups (broad SMARTS) is 1. The molecule has 0 saturated heterocycles. The standard InChI is InChI=1S/C14H10N4O5/c19-7-10-13(14(20)21)16-9-5-11(17-3-1-2-4-17)12(18(22)23)6-8(9)15-10/h1-7,10,15H,(H,20,21). The molecule has 0 aliphatic carbocycles. The van der Waals surface area contributed by atoms with Crippen molar-refractivity contribution >= 4 is 35.0 Å². The summed E-state index contributed by atoms with van der Waals surface area (Å²) in [5.74, 6) is -1.33. The van der Waals surface area contributed by atoms with Crippen molar-refractivity contribution in [3.63, 3.8) is 0 Å². The second-order valence-corrected chi connectivity index (χ2v) is 4.77. The predicted octanol–water partition coefficient (Wildman–Crippen LogP) is 1.54. The van der Waals surface area contributed by atoms with Crippen molar-refractivity contribution in [2.75, 3.05) is 5.32 Å². The number of fused-ring (bicyclic) bond motifs is 1. The number of aromatic nitrogens is 1. The maximum Gasteiger partial charge on any atom is 0.352 e. The third-order valence-corrected chi connectivity index (χ3v) is 3.37. The van der Waals surface area contributed by atoms with Gasteiger partial charge in [0, 0.05) is 18.5 Å². The fourth-order valence-corrected chi connectivity index (χ4v) is 2.34. The Balaban J connectivity index is 2.22. The normalized spacial score (nSPS) is 16.0. The number of aliphatic imine (C=N–C) groups is 1. The molecule has 2 N–H and O–H groups in total. The van der Waals surface area contributed by atoms with Crippen LogP contribution in [0.3, 0.4) is 0 Å². The molecule has 9 heteroatoms. The highest BCUT2D eigenvalue weighted by Gasteiger charge is 2.30. The van der Waals surface area contributed by atoms with Crippen molar-refractivity contribution in [3.8, 4) is 5.69 Å². The molecule has 116 valence electrons. The van der Waals surface area contributed by atoms with Gasteiger partial charge in [0.15, 0.2) is 5.71 Å². The highest BCUT2D eigenvalue weighted by molar-refractivity contribution is 6.42. The van der Waals surface area contributed by atoms with E-state index in [9.17, 15) is 19.7 Å².